The smallest absolute Gasteiger partial charge is 0.0705 e. The molecule has 0 unspecified atom stereocenters. The van der Waals surface area contributed by atoms with Crippen molar-refractivity contribution in [1.29, 1.82) is 0 Å². The summed E-state index contributed by atoms with van der Waals surface area (Å²) in [5.74, 6) is 0. The molecule has 0 fully saturated rings. The van der Waals surface area contributed by atoms with Gasteiger partial charge >= 0.3 is 0 Å². The van der Waals surface area contributed by atoms with Crippen molar-refractivity contribution in [3.05, 3.63) is 53.7 Å². The van der Waals surface area contributed by atoms with Gasteiger partial charge in [0.15, 0.2) is 0 Å². The van der Waals surface area contributed by atoms with Gasteiger partial charge < -0.3 is 5.32 Å². The third-order valence-corrected chi connectivity index (χ3v) is 2.83. The first kappa shape index (κ1) is 11.8. The van der Waals surface area contributed by atoms with E-state index in [1.54, 1.807) is 0 Å². The standard InChI is InChI=1S/C15H18N2/c1-3-16-11-14-9-10-15(17-12(14)2)13-7-5-4-6-8-13/h4-10,16H,3,11H2,1-2H3. The summed E-state index contributed by atoms with van der Waals surface area (Å²) >= 11 is 0. The van der Waals surface area contributed by atoms with Gasteiger partial charge in [-0.05, 0) is 25.1 Å². The SMILES string of the molecule is CCNCc1ccc(-c2ccccc2)nc1C. The van der Waals surface area contributed by atoms with Gasteiger partial charge in [0, 0.05) is 17.8 Å². The summed E-state index contributed by atoms with van der Waals surface area (Å²) in [6, 6.07) is 14.5. The van der Waals surface area contributed by atoms with E-state index in [2.05, 4.69) is 48.4 Å². The summed E-state index contributed by atoms with van der Waals surface area (Å²) in [6.45, 7) is 6.06. The van der Waals surface area contributed by atoms with Crippen molar-refractivity contribution in [2.45, 2.75) is 20.4 Å². The molecule has 2 heteroatoms. The van der Waals surface area contributed by atoms with E-state index in [9.17, 15) is 0 Å². The van der Waals surface area contributed by atoms with Gasteiger partial charge in [-0.2, -0.15) is 0 Å². The maximum absolute atomic E-state index is 4.66. The molecule has 0 amide bonds. The van der Waals surface area contributed by atoms with E-state index < -0.39 is 0 Å². The number of nitrogens with zero attached hydrogens (tertiary/aromatic N) is 1. The fourth-order valence-corrected chi connectivity index (χ4v) is 1.81. The average Bonchev–Trinajstić information content (AvgIpc) is 2.38. The van der Waals surface area contributed by atoms with Gasteiger partial charge in [-0.25, -0.2) is 0 Å². The number of rotatable bonds is 4. The fraction of sp³-hybridized carbons (Fsp3) is 0.267. The van der Waals surface area contributed by atoms with Gasteiger partial charge in [0.25, 0.3) is 0 Å². The van der Waals surface area contributed by atoms with Crippen LogP contribution in [0.1, 0.15) is 18.2 Å². The summed E-state index contributed by atoms with van der Waals surface area (Å²) in [6.07, 6.45) is 0. The topological polar surface area (TPSA) is 24.9 Å². The van der Waals surface area contributed by atoms with E-state index in [0.29, 0.717) is 0 Å². The highest BCUT2D eigenvalue weighted by Gasteiger charge is 2.02. The Morgan fingerprint density at radius 3 is 2.47 bits per heavy atom. The lowest BCUT2D eigenvalue weighted by molar-refractivity contribution is 0.720. The minimum atomic E-state index is 0.893. The van der Waals surface area contributed by atoms with Gasteiger partial charge in [0.2, 0.25) is 0 Å². The van der Waals surface area contributed by atoms with Crippen molar-refractivity contribution >= 4 is 0 Å². The van der Waals surface area contributed by atoms with Crippen LogP contribution in [0.15, 0.2) is 42.5 Å². The van der Waals surface area contributed by atoms with Crippen LogP contribution in [0, 0.1) is 6.92 Å². The van der Waals surface area contributed by atoms with Crippen LogP contribution in [0.25, 0.3) is 11.3 Å². The van der Waals surface area contributed by atoms with Crippen LogP contribution in [-0.2, 0) is 6.54 Å². The van der Waals surface area contributed by atoms with E-state index in [1.165, 1.54) is 11.1 Å². The molecule has 2 aromatic rings. The number of aromatic nitrogens is 1. The molecular weight excluding hydrogens is 208 g/mol. The highest BCUT2D eigenvalue weighted by Crippen LogP contribution is 2.18. The van der Waals surface area contributed by atoms with Crippen molar-refractivity contribution < 1.29 is 0 Å². The molecule has 0 bridgehead atoms. The minimum absolute atomic E-state index is 0.893. The Morgan fingerprint density at radius 1 is 1.06 bits per heavy atom. The lowest BCUT2D eigenvalue weighted by atomic mass is 10.1. The minimum Gasteiger partial charge on any atom is -0.313 e. The summed E-state index contributed by atoms with van der Waals surface area (Å²) in [5.41, 5.74) is 4.59. The summed E-state index contributed by atoms with van der Waals surface area (Å²) in [7, 11) is 0. The number of nitrogens with one attached hydrogen (secondary N) is 1. The molecule has 0 aliphatic carbocycles. The number of pyridine rings is 1. The molecule has 17 heavy (non-hydrogen) atoms. The average molecular weight is 226 g/mol. The van der Waals surface area contributed by atoms with Crippen molar-refractivity contribution in [1.82, 2.24) is 10.3 Å². The first-order valence-electron chi connectivity index (χ1n) is 6.04. The largest absolute Gasteiger partial charge is 0.313 e. The lowest BCUT2D eigenvalue weighted by Gasteiger charge is -2.08. The molecule has 1 aromatic carbocycles. The van der Waals surface area contributed by atoms with Crippen LogP contribution < -0.4 is 5.32 Å². The zero-order valence-electron chi connectivity index (χ0n) is 10.4. The summed E-state index contributed by atoms with van der Waals surface area (Å²) < 4.78 is 0. The second-order valence-corrected chi connectivity index (χ2v) is 4.09. The van der Waals surface area contributed by atoms with E-state index in [0.717, 1.165) is 24.5 Å². The molecule has 1 N–H and O–H groups in total. The zero-order valence-corrected chi connectivity index (χ0v) is 10.4. The van der Waals surface area contributed by atoms with Crippen molar-refractivity contribution in [3.8, 4) is 11.3 Å². The zero-order chi connectivity index (χ0) is 12.1. The predicted molar refractivity (Wildman–Crippen MR) is 71.8 cm³/mol. The number of benzene rings is 1. The molecule has 2 rings (SSSR count). The molecule has 0 spiro atoms. The Labute approximate surface area is 103 Å². The van der Waals surface area contributed by atoms with E-state index in [-0.39, 0.29) is 0 Å². The molecule has 1 heterocycles. The quantitative estimate of drug-likeness (QED) is 0.866. The Bertz CT molecular complexity index is 478. The van der Waals surface area contributed by atoms with Crippen LogP contribution in [0.4, 0.5) is 0 Å². The molecule has 1 aromatic heterocycles. The Kier molecular flexibility index (Phi) is 3.89. The first-order valence-corrected chi connectivity index (χ1v) is 6.04. The Hall–Kier alpha value is -1.67. The van der Waals surface area contributed by atoms with Crippen LogP contribution in [0.3, 0.4) is 0 Å². The number of aryl methyl sites for hydroxylation is 1. The molecule has 0 aliphatic rings. The summed E-state index contributed by atoms with van der Waals surface area (Å²) in [5, 5.41) is 3.32. The van der Waals surface area contributed by atoms with Crippen molar-refractivity contribution in [2.24, 2.45) is 0 Å². The number of hydrogen-bond donors (Lipinski definition) is 1. The molecule has 0 radical (unpaired) electrons. The molecule has 0 saturated carbocycles. The molecule has 0 atom stereocenters. The van der Waals surface area contributed by atoms with Gasteiger partial charge in [-0.1, -0.05) is 43.3 Å². The second kappa shape index (κ2) is 5.60. The van der Waals surface area contributed by atoms with Gasteiger partial charge in [0.05, 0.1) is 5.69 Å². The molecule has 2 nitrogen and oxygen atoms in total. The maximum Gasteiger partial charge on any atom is 0.0705 e. The van der Waals surface area contributed by atoms with Gasteiger partial charge in [0.1, 0.15) is 0 Å². The van der Waals surface area contributed by atoms with Crippen LogP contribution in [0.5, 0.6) is 0 Å². The Balaban J connectivity index is 2.25. The van der Waals surface area contributed by atoms with Crippen LogP contribution >= 0.6 is 0 Å². The Morgan fingerprint density at radius 2 is 1.82 bits per heavy atom. The summed E-state index contributed by atoms with van der Waals surface area (Å²) in [4.78, 5) is 4.66. The lowest BCUT2D eigenvalue weighted by Crippen LogP contribution is -2.13. The molecule has 0 saturated heterocycles. The normalized spacial score (nSPS) is 10.5. The van der Waals surface area contributed by atoms with Crippen LogP contribution in [-0.4, -0.2) is 11.5 Å². The predicted octanol–water partition coefficient (Wildman–Crippen LogP) is 3.17. The third kappa shape index (κ3) is 2.92. The fourth-order valence-electron chi connectivity index (χ4n) is 1.81. The van der Waals surface area contributed by atoms with Crippen molar-refractivity contribution in [3.63, 3.8) is 0 Å². The van der Waals surface area contributed by atoms with E-state index >= 15 is 0 Å². The molecule has 88 valence electrons. The second-order valence-electron chi connectivity index (χ2n) is 4.09. The number of hydrogen-bond acceptors (Lipinski definition) is 2. The highest BCUT2D eigenvalue weighted by atomic mass is 14.8. The monoisotopic (exact) mass is 226 g/mol. The first-order chi connectivity index (χ1) is 8.31. The molecular formula is C15H18N2. The van der Waals surface area contributed by atoms with Crippen molar-refractivity contribution in [2.75, 3.05) is 6.54 Å². The van der Waals surface area contributed by atoms with Gasteiger partial charge in [-0.15, -0.1) is 0 Å². The van der Waals surface area contributed by atoms with Crippen LogP contribution in [0.2, 0.25) is 0 Å². The molecule has 0 aliphatic heterocycles. The third-order valence-electron chi connectivity index (χ3n) is 2.83. The van der Waals surface area contributed by atoms with Gasteiger partial charge in [-0.3, -0.25) is 4.98 Å². The van der Waals surface area contributed by atoms with E-state index in [4.69, 9.17) is 0 Å². The van der Waals surface area contributed by atoms with E-state index in [1.807, 2.05) is 18.2 Å². The maximum atomic E-state index is 4.66. The highest BCUT2D eigenvalue weighted by molar-refractivity contribution is 5.59.